The monoisotopic (exact) mass is 516 g/mol. The van der Waals surface area contributed by atoms with E-state index in [9.17, 15) is 4.79 Å². The zero-order chi connectivity index (χ0) is 25.9. The van der Waals surface area contributed by atoms with Crippen molar-refractivity contribution in [1.82, 2.24) is 14.5 Å². The van der Waals surface area contributed by atoms with Crippen molar-refractivity contribution in [3.8, 4) is 0 Å². The van der Waals surface area contributed by atoms with E-state index < -0.39 is 13.7 Å². The van der Waals surface area contributed by atoms with Crippen LogP contribution in [-0.4, -0.2) is 80.2 Å². The molecule has 1 amide bonds. The Morgan fingerprint density at radius 2 is 1.83 bits per heavy atom. The Morgan fingerprint density at radius 1 is 1.14 bits per heavy atom. The van der Waals surface area contributed by atoms with Gasteiger partial charge in [-0.15, -0.1) is 0 Å². The minimum Gasteiger partial charge on any atom is -0.444 e. The molecule has 2 aliphatic heterocycles. The first-order valence-electron chi connectivity index (χ1n) is 13.4. The number of ether oxygens (including phenoxy) is 3. The summed E-state index contributed by atoms with van der Waals surface area (Å²) in [4.78, 5) is 21.6. The van der Waals surface area contributed by atoms with E-state index in [1.165, 1.54) is 16.6 Å². The molecule has 0 aliphatic carbocycles. The molecule has 0 aromatic carbocycles. The predicted molar refractivity (Wildman–Crippen MR) is 147 cm³/mol. The molecule has 0 spiro atoms. The fourth-order valence-corrected chi connectivity index (χ4v) is 5.66. The molecule has 2 fully saturated rings. The summed E-state index contributed by atoms with van der Waals surface area (Å²) in [6, 6.07) is 3.28. The summed E-state index contributed by atoms with van der Waals surface area (Å²) in [5, 5.41) is 1.23. The average Bonchev–Trinajstić information content (AvgIpc) is 3.20. The van der Waals surface area contributed by atoms with Crippen molar-refractivity contribution in [2.24, 2.45) is 0 Å². The van der Waals surface area contributed by atoms with Crippen LogP contribution in [-0.2, 0) is 20.9 Å². The van der Waals surface area contributed by atoms with E-state index in [2.05, 4.69) is 41.4 Å². The molecule has 0 bridgehead atoms. The largest absolute Gasteiger partial charge is 0.444 e. The van der Waals surface area contributed by atoms with Crippen LogP contribution >= 0.6 is 0 Å². The molecule has 2 aromatic rings. The molecule has 8 nitrogen and oxygen atoms in total. The molecule has 0 radical (unpaired) electrons. The second-order valence-electron chi connectivity index (χ2n) is 12.3. The molecule has 4 rings (SSSR count). The van der Waals surface area contributed by atoms with E-state index >= 15 is 0 Å². The maximum Gasteiger partial charge on any atom is 0.410 e. The molecule has 200 valence electrons. The van der Waals surface area contributed by atoms with Gasteiger partial charge in [-0.25, -0.2) is 9.78 Å². The van der Waals surface area contributed by atoms with Gasteiger partial charge in [0.2, 0.25) is 0 Å². The first-order valence-corrected chi connectivity index (χ1v) is 17.1. The van der Waals surface area contributed by atoms with Crippen LogP contribution in [0.2, 0.25) is 25.7 Å². The normalized spacial score (nSPS) is 18.2. The van der Waals surface area contributed by atoms with Crippen molar-refractivity contribution in [2.45, 2.75) is 77.5 Å². The standard InChI is InChI=1S/C27H44N4O4Si/c1-27(2,3)35-26(32)30-13-11-29(12-14-30)23-7-10-28-25-24(23)22(21-8-15-33-16-9-21)19-31(25)20-34-17-18-36(4,5)6/h7,10,19,21H,8-9,11-18,20H2,1-6H3. The van der Waals surface area contributed by atoms with Gasteiger partial charge in [0.05, 0.1) is 0 Å². The number of aromatic nitrogens is 2. The summed E-state index contributed by atoms with van der Waals surface area (Å²) in [5.41, 5.74) is 3.05. The fraction of sp³-hybridized carbons (Fsp3) is 0.704. The summed E-state index contributed by atoms with van der Waals surface area (Å²) in [5.74, 6) is 0.454. The maximum atomic E-state index is 12.6. The number of hydrogen-bond acceptors (Lipinski definition) is 6. The van der Waals surface area contributed by atoms with Gasteiger partial charge in [-0.2, -0.15) is 0 Å². The van der Waals surface area contributed by atoms with Gasteiger partial charge < -0.3 is 28.6 Å². The molecule has 0 saturated carbocycles. The van der Waals surface area contributed by atoms with Crippen LogP contribution in [0.4, 0.5) is 10.5 Å². The smallest absolute Gasteiger partial charge is 0.410 e. The van der Waals surface area contributed by atoms with Gasteiger partial charge in [-0.1, -0.05) is 19.6 Å². The SMILES string of the molecule is CC(C)(C)OC(=O)N1CCN(c2ccnc3c2c(C2CCOCC2)cn3COCC[Si](C)(C)C)CC1. The van der Waals surface area contributed by atoms with E-state index in [-0.39, 0.29) is 6.09 Å². The topological polar surface area (TPSA) is 69.1 Å². The summed E-state index contributed by atoms with van der Waals surface area (Å²) >= 11 is 0. The zero-order valence-corrected chi connectivity index (χ0v) is 24.0. The summed E-state index contributed by atoms with van der Waals surface area (Å²) < 4.78 is 19.6. The van der Waals surface area contributed by atoms with Crippen LogP contribution in [0.25, 0.3) is 11.0 Å². The van der Waals surface area contributed by atoms with Crippen LogP contribution in [0, 0.1) is 0 Å². The van der Waals surface area contributed by atoms with Crippen LogP contribution < -0.4 is 4.90 Å². The number of hydrogen-bond donors (Lipinski definition) is 0. The number of amides is 1. The minimum atomic E-state index is -1.14. The van der Waals surface area contributed by atoms with Gasteiger partial charge in [0, 0.05) is 77.5 Å². The van der Waals surface area contributed by atoms with Crippen molar-refractivity contribution in [1.29, 1.82) is 0 Å². The van der Waals surface area contributed by atoms with E-state index in [0.29, 0.717) is 25.7 Å². The summed E-state index contributed by atoms with van der Waals surface area (Å²) in [6.45, 7) is 18.6. The zero-order valence-electron chi connectivity index (χ0n) is 23.0. The summed E-state index contributed by atoms with van der Waals surface area (Å²) in [7, 11) is -1.14. The van der Waals surface area contributed by atoms with Crippen molar-refractivity contribution in [3.05, 3.63) is 24.0 Å². The number of nitrogens with zero attached hydrogens (tertiary/aromatic N) is 4. The molecule has 0 N–H and O–H groups in total. The quantitative estimate of drug-likeness (QED) is 0.367. The van der Waals surface area contributed by atoms with Crippen LogP contribution in [0.1, 0.15) is 45.1 Å². The van der Waals surface area contributed by atoms with E-state index in [1.807, 2.05) is 31.9 Å². The third kappa shape index (κ3) is 6.80. The number of carbonyl (C=O) groups is 1. The summed E-state index contributed by atoms with van der Waals surface area (Å²) in [6.07, 6.45) is 5.99. The highest BCUT2D eigenvalue weighted by molar-refractivity contribution is 6.76. The maximum absolute atomic E-state index is 12.6. The van der Waals surface area contributed by atoms with E-state index in [0.717, 1.165) is 57.4 Å². The van der Waals surface area contributed by atoms with Crippen LogP contribution in [0.3, 0.4) is 0 Å². The Hall–Kier alpha value is -2.10. The second-order valence-corrected chi connectivity index (χ2v) is 17.9. The number of anilines is 1. The second kappa shape index (κ2) is 11.1. The average molecular weight is 517 g/mol. The third-order valence-electron chi connectivity index (χ3n) is 6.92. The van der Waals surface area contributed by atoms with Gasteiger partial charge >= 0.3 is 6.09 Å². The number of rotatable bonds is 7. The van der Waals surface area contributed by atoms with Crippen molar-refractivity contribution in [2.75, 3.05) is 50.9 Å². The van der Waals surface area contributed by atoms with Gasteiger partial charge in [-0.05, 0) is 57.2 Å². The molecule has 36 heavy (non-hydrogen) atoms. The van der Waals surface area contributed by atoms with E-state index in [1.54, 1.807) is 0 Å². The highest BCUT2D eigenvalue weighted by Gasteiger charge is 2.29. The van der Waals surface area contributed by atoms with Crippen molar-refractivity contribution >= 4 is 30.9 Å². The number of piperazine rings is 1. The molecule has 0 atom stereocenters. The van der Waals surface area contributed by atoms with Gasteiger partial charge in [0.1, 0.15) is 18.0 Å². The minimum absolute atomic E-state index is 0.230. The molecular formula is C27H44N4O4Si. The Kier molecular flexibility index (Phi) is 8.31. The lowest BCUT2D eigenvalue weighted by Gasteiger charge is -2.37. The number of carbonyl (C=O) groups excluding carboxylic acids is 1. The molecule has 2 aliphatic rings. The molecule has 9 heteroatoms. The lowest BCUT2D eigenvalue weighted by Crippen LogP contribution is -2.50. The lowest BCUT2D eigenvalue weighted by molar-refractivity contribution is 0.0240. The highest BCUT2D eigenvalue weighted by Crippen LogP contribution is 2.38. The van der Waals surface area contributed by atoms with Gasteiger partial charge in [0.15, 0.2) is 0 Å². The highest BCUT2D eigenvalue weighted by atomic mass is 28.3. The van der Waals surface area contributed by atoms with Crippen molar-refractivity contribution in [3.63, 3.8) is 0 Å². The Morgan fingerprint density at radius 3 is 2.47 bits per heavy atom. The van der Waals surface area contributed by atoms with Gasteiger partial charge in [-0.3, -0.25) is 0 Å². The van der Waals surface area contributed by atoms with E-state index in [4.69, 9.17) is 19.2 Å². The molecule has 2 saturated heterocycles. The molecular weight excluding hydrogens is 472 g/mol. The van der Waals surface area contributed by atoms with Crippen LogP contribution in [0.5, 0.6) is 0 Å². The molecule has 0 unspecified atom stereocenters. The lowest BCUT2D eigenvalue weighted by atomic mass is 9.91. The Balaban J connectivity index is 1.56. The first-order chi connectivity index (χ1) is 17.0. The Labute approximate surface area is 216 Å². The molecule has 4 heterocycles. The van der Waals surface area contributed by atoms with Crippen molar-refractivity contribution < 1.29 is 19.0 Å². The third-order valence-corrected chi connectivity index (χ3v) is 8.63. The fourth-order valence-electron chi connectivity index (χ4n) is 4.91. The van der Waals surface area contributed by atoms with Crippen LogP contribution in [0.15, 0.2) is 18.5 Å². The first kappa shape index (κ1) is 26.9. The predicted octanol–water partition coefficient (Wildman–Crippen LogP) is 5.30. The molecule has 2 aromatic heterocycles. The number of fused-ring (bicyclic) bond motifs is 1. The number of pyridine rings is 1. The Bertz CT molecular complexity index is 1030. The van der Waals surface area contributed by atoms with Gasteiger partial charge in [0.25, 0.3) is 0 Å².